The normalized spacial score (nSPS) is 17.4. The third kappa shape index (κ3) is 2.52. The topological polar surface area (TPSA) is 77.5 Å². The summed E-state index contributed by atoms with van der Waals surface area (Å²) in [5, 5.41) is 0. The van der Waals surface area contributed by atoms with Gasteiger partial charge < -0.3 is 4.74 Å². The van der Waals surface area contributed by atoms with Gasteiger partial charge in [-0.2, -0.15) is 0 Å². The van der Waals surface area contributed by atoms with Gasteiger partial charge >= 0.3 is 0 Å². The zero-order valence-corrected chi connectivity index (χ0v) is 16.9. The zero-order chi connectivity index (χ0) is 22.9. The lowest BCUT2D eigenvalue weighted by molar-refractivity contribution is 0.0821. The molecule has 3 aromatic rings. The monoisotopic (exact) mass is 436 g/mol. The van der Waals surface area contributed by atoms with Crippen molar-refractivity contribution in [2.75, 3.05) is 0 Å². The van der Waals surface area contributed by atoms with Crippen molar-refractivity contribution in [1.29, 1.82) is 0 Å². The predicted octanol–water partition coefficient (Wildman–Crippen LogP) is 4.61. The van der Waals surface area contributed by atoms with E-state index in [0.717, 1.165) is 0 Å². The van der Waals surface area contributed by atoms with Crippen molar-refractivity contribution in [1.82, 2.24) is 0 Å². The Morgan fingerprint density at radius 2 is 0.939 bits per heavy atom. The molecule has 0 aromatic heterocycles. The van der Waals surface area contributed by atoms with Gasteiger partial charge in [0.2, 0.25) is 11.6 Å². The van der Waals surface area contributed by atoms with Crippen LogP contribution in [0.3, 0.4) is 0 Å². The SMILES string of the molecule is O=C1C2=C(C(=O)c3ccccc31)C(c1ccccc1F)C1=C(O2)C(=O)c2ccccc2C1=O. The standard InChI is InChI=1S/C27H13FO5/c28-18-12-6-5-11-17(18)19-20-22(29)13-7-1-3-9-15(13)24(31)26(20)33-27-21(19)23(30)14-8-2-4-10-16(14)25(27)32/h1-12,19H. The Bertz CT molecular complexity index is 1430. The number of carbonyl (C=O) groups is 4. The predicted molar refractivity (Wildman–Crippen MR) is 114 cm³/mol. The lowest BCUT2D eigenvalue weighted by Gasteiger charge is -2.35. The van der Waals surface area contributed by atoms with Crippen LogP contribution >= 0.6 is 0 Å². The van der Waals surface area contributed by atoms with Crippen molar-refractivity contribution in [3.8, 4) is 0 Å². The fraction of sp³-hybridized carbons (Fsp3) is 0.0370. The number of fused-ring (bicyclic) bond motifs is 2. The molecule has 5 nitrogen and oxygen atoms in total. The van der Waals surface area contributed by atoms with Crippen LogP contribution in [0.25, 0.3) is 0 Å². The summed E-state index contributed by atoms with van der Waals surface area (Å²) in [5.41, 5.74) is 0.295. The molecule has 6 heteroatoms. The number of rotatable bonds is 1. The third-order valence-electron chi connectivity index (χ3n) is 6.22. The van der Waals surface area contributed by atoms with E-state index in [1.165, 1.54) is 42.5 Å². The molecule has 0 amide bonds. The van der Waals surface area contributed by atoms with E-state index in [0.29, 0.717) is 0 Å². The Labute approximate surface area is 186 Å². The molecule has 0 saturated heterocycles. The van der Waals surface area contributed by atoms with Crippen molar-refractivity contribution in [3.05, 3.63) is 129 Å². The van der Waals surface area contributed by atoms with Crippen LogP contribution in [0.2, 0.25) is 0 Å². The molecule has 0 saturated carbocycles. The first-order valence-electron chi connectivity index (χ1n) is 10.3. The Hall–Kier alpha value is -4.45. The maximum absolute atomic E-state index is 15.1. The largest absolute Gasteiger partial charge is 0.448 e. The van der Waals surface area contributed by atoms with Gasteiger partial charge in [-0.3, -0.25) is 19.2 Å². The summed E-state index contributed by atoms with van der Waals surface area (Å²) >= 11 is 0. The van der Waals surface area contributed by atoms with E-state index in [1.54, 1.807) is 30.3 Å². The molecule has 0 radical (unpaired) electrons. The first-order valence-corrected chi connectivity index (χ1v) is 10.3. The van der Waals surface area contributed by atoms with Gasteiger partial charge in [0.05, 0.1) is 17.1 Å². The number of hydrogen-bond donors (Lipinski definition) is 0. The van der Waals surface area contributed by atoms with E-state index in [2.05, 4.69) is 0 Å². The van der Waals surface area contributed by atoms with Gasteiger partial charge in [-0.15, -0.1) is 0 Å². The maximum atomic E-state index is 15.1. The number of ketones is 4. The van der Waals surface area contributed by atoms with E-state index < -0.39 is 34.9 Å². The summed E-state index contributed by atoms with van der Waals surface area (Å²) in [7, 11) is 0. The van der Waals surface area contributed by atoms with Crippen LogP contribution < -0.4 is 0 Å². The molecule has 0 bridgehead atoms. The fourth-order valence-electron chi connectivity index (χ4n) is 4.74. The van der Waals surface area contributed by atoms with Crippen LogP contribution in [0.1, 0.15) is 52.9 Å². The molecule has 0 spiro atoms. The van der Waals surface area contributed by atoms with E-state index in [1.807, 2.05) is 0 Å². The van der Waals surface area contributed by atoms with E-state index >= 15 is 4.39 Å². The highest BCUT2D eigenvalue weighted by Crippen LogP contribution is 2.48. The lowest BCUT2D eigenvalue weighted by atomic mass is 9.70. The number of benzene rings is 3. The summed E-state index contributed by atoms with van der Waals surface area (Å²) in [4.78, 5) is 53.8. The van der Waals surface area contributed by atoms with Crippen LogP contribution in [0.5, 0.6) is 0 Å². The van der Waals surface area contributed by atoms with Crippen LogP contribution in [0.4, 0.5) is 4.39 Å². The van der Waals surface area contributed by atoms with Crippen LogP contribution in [0, 0.1) is 5.82 Å². The molecule has 3 aliphatic rings. The van der Waals surface area contributed by atoms with Crippen molar-refractivity contribution in [2.45, 2.75) is 5.92 Å². The number of hydrogen-bond acceptors (Lipinski definition) is 5. The van der Waals surface area contributed by atoms with Gasteiger partial charge in [0.25, 0.3) is 0 Å². The molecule has 1 aliphatic heterocycles. The Kier molecular flexibility index (Phi) is 3.95. The molecule has 0 fully saturated rings. The summed E-state index contributed by atoms with van der Waals surface area (Å²) in [5.74, 6) is -4.88. The van der Waals surface area contributed by atoms with Gasteiger partial charge in [-0.25, -0.2) is 4.39 Å². The molecule has 6 rings (SSSR count). The van der Waals surface area contributed by atoms with Crippen molar-refractivity contribution < 1.29 is 28.3 Å². The summed E-state index contributed by atoms with van der Waals surface area (Å²) in [6.07, 6.45) is 0. The second-order valence-electron chi connectivity index (χ2n) is 7.95. The number of Topliss-reactive ketones (excluding diaryl/α,β-unsaturated/α-hetero) is 4. The average molecular weight is 436 g/mol. The van der Waals surface area contributed by atoms with E-state index in [9.17, 15) is 19.2 Å². The first-order chi connectivity index (χ1) is 16.0. The maximum Gasteiger partial charge on any atom is 0.229 e. The van der Waals surface area contributed by atoms with Crippen LogP contribution in [-0.4, -0.2) is 23.1 Å². The van der Waals surface area contributed by atoms with Crippen molar-refractivity contribution in [2.24, 2.45) is 0 Å². The molecule has 0 unspecified atom stereocenters. The van der Waals surface area contributed by atoms with Gasteiger partial charge in [-0.1, -0.05) is 66.7 Å². The van der Waals surface area contributed by atoms with Gasteiger partial charge in [0.1, 0.15) is 5.82 Å². The highest BCUT2D eigenvalue weighted by Gasteiger charge is 2.49. The van der Waals surface area contributed by atoms with E-state index in [4.69, 9.17) is 4.74 Å². The number of carbonyl (C=O) groups excluding carboxylic acids is 4. The summed E-state index contributed by atoms with van der Waals surface area (Å²) in [6, 6.07) is 18.2. The molecule has 158 valence electrons. The second kappa shape index (κ2) is 6.77. The molecular formula is C27H13FO5. The minimum Gasteiger partial charge on any atom is -0.448 e. The Morgan fingerprint density at radius 3 is 1.39 bits per heavy atom. The molecule has 33 heavy (non-hydrogen) atoms. The fourth-order valence-corrected chi connectivity index (χ4v) is 4.74. The number of ether oxygens (including phenoxy) is 1. The molecule has 3 aromatic carbocycles. The third-order valence-corrected chi connectivity index (χ3v) is 6.22. The van der Waals surface area contributed by atoms with Crippen LogP contribution in [-0.2, 0) is 4.74 Å². The highest BCUT2D eigenvalue weighted by molar-refractivity contribution is 6.32. The Morgan fingerprint density at radius 1 is 0.545 bits per heavy atom. The summed E-state index contributed by atoms with van der Waals surface area (Å²) in [6.45, 7) is 0. The minimum atomic E-state index is -1.26. The van der Waals surface area contributed by atoms with Crippen molar-refractivity contribution in [3.63, 3.8) is 0 Å². The second-order valence-corrected chi connectivity index (χ2v) is 7.95. The number of allylic oxidation sites excluding steroid dienone is 4. The smallest absolute Gasteiger partial charge is 0.229 e. The molecule has 0 atom stereocenters. The molecular weight excluding hydrogens is 423 g/mol. The summed E-state index contributed by atoms with van der Waals surface area (Å²) < 4.78 is 20.8. The molecule has 0 N–H and O–H groups in total. The zero-order valence-electron chi connectivity index (χ0n) is 16.9. The minimum absolute atomic E-state index is 0.0156. The quantitative estimate of drug-likeness (QED) is 0.557. The molecule has 2 aliphatic carbocycles. The Balaban J connectivity index is 1.67. The average Bonchev–Trinajstić information content (AvgIpc) is 2.85. The first kappa shape index (κ1) is 19.3. The van der Waals surface area contributed by atoms with Crippen LogP contribution in [0.15, 0.2) is 95.5 Å². The molecule has 1 heterocycles. The highest BCUT2D eigenvalue weighted by atomic mass is 19.1. The van der Waals surface area contributed by atoms with Gasteiger partial charge in [0.15, 0.2) is 23.1 Å². The lowest BCUT2D eigenvalue weighted by Crippen LogP contribution is -2.37. The number of halogens is 1. The van der Waals surface area contributed by atoms with Gasteiger partial charge in [0, 0.05) is 27.8 Å². The van der Waals surface area contributed by atoms with Gasteiger partial charge in [-0.05, 0) is 6.07 Å². The van der Waals surface area contributed by atoms with E-state index in [-0.39, 0.29) is 50.5 Å². The van der Waals surface area contributed by atoms with Crippen molar-refractivity contribution >= 4 is 23.1 Å².